The highest BCUT2D eigenvalue weighted by Crippen LogP contribution is 2.62. The molecular formula is C28H28ClNO2. The molecule has 0 N–H and O–H groups in total. The lowest BCUT2D eigenvalue weighted by molar-refractivity contribution is -0.201. The van der Waals surface area contributed by atoms with Crippen LogP contribution in [0.1, 0.15) is 67.6 Å². The quantitative estimate of drug-likeness (QED) is 0.496. The van der Waals surface area contributed by atoms with Crippen molar-refractivity contribution in [2.24, 2.45) is 22.7 Å². The molecule has 2 aliphatic rings. The molecule has 0 heterocycles. The number of nitriles is 1. The minimum absolute atomic E-state index is 0.0127. The molecule has 3 nitrogen and oxygen atoms in total. The predicted molar refractivity (Wildman–Crippen MR) is 127 cm³/mol. The summed E-state index contributed by atoms with van der Waals surface area (Å²) < 4.78 is 6.38. The van der Waals surface area contributed by atoms with Crippen molar-refractivity contribution in [1.29, 1.82) is 5.26 Å². The van der Waals surface area contributed by atoms with E-state index in [1.165, 1.54) is 0 Å². The van der Waals surface area contributed by atoms with E-state index in [1.54, 1.807) is 12.1 Å². The molecule has 0 bridgehead atoms. The van der Waals surface area contributed by atoms with Crippen molar-refractivity contribution in [1.82, 2.24) is 0 Å². The van der Waals surface area contributed by atoms with Crippen LogP contribution >= 0.6 is 11.6 Å². The zero-order valence-corrected chi connectivity index (χ0v) is 19.8. The second kappa shape index (κ2) is 7.99. The number of benzene rings is 2. The number of ketones is 1. The predicted octanol–water partition coefficient (Wildman–Crippen LogP) is 6.46. The molecule has 0 amide bonds. The Balaban J connectivity index is 1.43. The van der Waals surface area contributed by atoms with Gasteiger partial charge in [0, 0.05) is 33.9 Å². The smallest absolute Gasteiger partial charge is 0.166 e. The zero-order chi connectivity index (χ0) is 23.3. The van der Waals surface area contributed by atoms with Crippen molar-refractivity contribution in [2.45, 2.75) is 53.1 Å². The van der Waals surface area contributed by atoms with E-state index >= 15 is 0 Å². The molecule has 0 radical (unpaired) electrons. The molecule has 2 aliphatic carbocycles. The first-order valence-electron chi connectivity index (χ1n) is 11.1. The lowest BCUT2D eigenvalue weighted by Gasteiger charge is -2.63. The average molecular weight is 446 g/mol. The maximum atomic E-state index is 12.9. The molecule has 1 atom stereocenters. The Morgan fingerprint density at radius 2 is 1.84 bits per heavy atom. The lowest BCUT2D eigenvalue weighted by atomic mass is 9.44. The van der Waals surface area contributed by atoms with Crippen LogP contribution in [0.5, 0.6) is 5.75 Å². The van der Waals surface area contributed by atoms with Crippen LogP contribution in [0.2, 0.25) is 5.02 Å². The average Bonchev–Trinajstić information content (AvgIpc) is 3.06. The highest BCUT2D eigenvalue weighted by atomic mass is 35.5. The molecule has 0 aliphatic heterocycles. The van der Waals surface area contributed by atoms with Gasteiger partial charge in [-0.15, -0.1) is 6.42 Å². The third-order valence-corrected chi connectivity index (χ3v) is 7.95. The Bertz CT molecular complexity index is 1150. The molecule has 1 fully saturated rings. The first kappa shape index (κ1) is 22.4. The SMILES string of the molecule is C#Cc1ccc2c(c1)CC(CCC1C(C)(C)C(Oc3ccc(C#N)c(Cl)c3)C1(C)C)C2=O. The fourth-order valence-corrected chi connectivity index (χ4v) is 6.52. The number of rotatable bonds is 5. The van der Waals surface area contributed by atoms with E-state index in [2.05, 4.69) is 39.7 Å². The highest BCUT2D eigenvalue weighted by molar-refractivity contribution is 6.31. The van der Waals surface area contributed by atoms with Crippen LogP contribution in [0.4, 0.5) is 0 Å². The summed E-state index contributed by atoms with van der Waals surface area (Å²) in [5, 5.41) is 9.50. The molecule has 1 saturated carbocycles. The molecule has 0 saturated heterocycles. The summed E-state index contributed by atoms with van der Waals surface area (Å²) in [5.41, 5.74) is 3.10. The maximum absolute atomic E-state index is 12.9. The number of nitrogens with zero attached hydrogens (tertiary/aromatic N) is 1. The third kappa shape index (κ3) is 3.60. The fraction of sp³-hybridized carbons (Fsp3) is 0.429. The van der Waals surface area contributed by atoms with Gasteiger partial charge in [0.1, 0.15) is 17.9 Å². The van der Waals surface area contributed by atoms with E-state index in [9.17, 15) is 4.79 Å². The first-order chi connectivity index (χ1) is 15.1. The monoisotopic (exact) mass is 445 g/mol. The number of terminal acetylenes is 1. The van der Waals surface area contributed by atoms with Crippen molar-refractivity contribution in [3.05, 3.63) is 63.7 Å². The maximum Gasteiger partial charge on any atom is 0.166 e. The number of fused-ring (bicyclic) bond motifs is 1. The molecule has 4 rings (SSSR count). The number of halogens is 1. The summed E-state index contributed by atoms with van der Waals surface area (Å²) in [6, 6.07) is 13.0. The number of carbonyl (C=O) groups excluding carboxylic acids is 1. The summed E-state index contributed by atoms with van der Waals surface area (Å²) in [6.07, 6.45) is 8.15. The normalized spacial score (nSPS) is 24.7. The van der Waals surface area contributed by atoms with E-state index in [-0.39, 0.29) is 28.6 Å². The molecule has 2 aromatic rings. The van der Waals surface area contributed by atoms with Gasteiger partial charge in [0.05, 0.1) is 10.6 Å². The van der Waals surface area contributed by atoms with Gasteiger partial charge in [-0.25, -0.2) is 0 Å². The van der Waals surface area contributed by atoms with E-state index in [1.807, 2.05) is 24.3 Å². The fourth-order valence-electron chi connectivity index (χ4n) is 6.30. The summed E-state index contributed by atoms with van der Waals surface area (Å²) in [7, 11) is 0. The second-order valence-corrected chi connectivity index (χ2v) is 10.7. The van der Waals surface area contributed by atoms with Crippen LogP contribution in [-0.4, -0.2) is 11.9 Å². The minimum atomic E-state index is -0.0466. The Morgan fingerprint density at radius 1 is 1.12 bits per heavy atom. The van der Waals surface area contributed by atoms with Crippen molar-refractivity contribution in [3.63, 3.8) is 0 Å². The molecule has 1 unspecified atom stereocenters. The molecular weight excluding hydrogens is 418 g/mol. The molecule has 32 heavy (non-hydrogen) atoms. The van der Waals surface area contributed by atoms with Crippen LogP contribution in [0.3, 0.4) is 0 Å². The number of carbonyl (C=O) groups is 1. The van der Waals surface area contributed by atoms with Crippen molar-refractivity contribution in [3.8, 4) is 24.2 Å². The van der Waals surface area contributed by atoms with Crippen molar-refractivity contribution in [2.75, 3.05) is 0 Å². The molecule has 4 heteroatoms. The van der Waals surface area contributed by atoms with E-state index in [0.717, 1.165) is 36.0 Å². The van der Waals surface area contributed by atoms with Gasteiger partial charge in [-0.2, -0.15) is 5.26 Å². The van der Waals surface area contributed by atoms with Crippen LogP contribution in [0.15, 0.2) is 36.4 Å². The molecule has 164 valence electrons. The van der Waals surface area contributed by atoms with Gasteiger partial charge < -0.3 is 4.74 Å². The molecule has 0 aromatic heterocycles. The van der Waals surface area contributed by atoms with Crippen LogP contribution < -0.4 is 4.74 Å². The van der Waals surface area contributed by atoms with Crippen LogP contribution in [0, 0.1) is 46.3 Å². The van der Waals surface area contributed by atoms with Gasteiger partial charge in [0.25, 0.3) is 0 Å². The van der Waals surface area contributed by atoms with E-state index < -0.39 is 0 Å². The van der Waals surface area contributed by atoms with Crippen LogP contribution in [0.25, 0.3) is 0 Å². The Morgan fingerprint density at radius 3 is 2.47 bits per heavy atom. The first-order valence-corrected chi connectivity index (χ1v) is 11.5. The number of ether oxygens (including phenoxy) is 1. The largest absolute Gasteiger partial charge is 0.489 e. The van der Waals surface area contributed by atoms with Gasteiger partial charge in [0.2, 0.25) is 0 Å². The number of Topliss-reactive ketones (excluding diaryl/α,β-unsaturated/α-hetero) is 1. The third-order valence-electron chi connectivity index (χ3n) is 7.64. The molecule has 0 spiro atoms. The van der Waals surface area contributed by atoms with E-state index in [0.29, 0.717) is 22.3 Å². The Labute approximate surface area is 195 Å². The lowest BCUT2D eigenvalue weighted by Crippen LogP contribution is -2.65. The van der Waals surface area contributed by atoms with Gasteiger partial charge >= 0.3 is 0 Å². The highest BCUT2D eigenvalue weighted by Gasteiger charge is 2.62. The second-order valence-electron chi connectivity index (χ2n) is 10.3. The molecule has 2 aromatic carbocycles. The standard InChI is InChI=1S/C28H28ClNO2/c1-6-17-7-11-22-20(13-17)14-18(25(22)31)9-12-24-27(2,3)26(28(24,4)5)32-21-10-8-19(16-30)23(29)15-21/h1,7-8,10-11,13,15,18,24,26H,9,12,14H2,2-5H3. The minimum Gasteiger partial charge on any atom is -0.489 e. The summed E-state index contributed by atoms with van der Waals surface area (Å²) in [4.78, 5) is 12.9. The van der Waals surface area contributed by atoms with Crippen LogP contribution in [-0.2, 0) is 6.42 Å². The zero-order valence-electron chi connectivity index (χ0n) is 19.0. The Hall–Kier alpha value is -2.75. The number of hydrogen-bond donors (Lipinski definition) is 0. The van der Waals surface area contributed by atoms with E-state index in [4.69, 9.17) is 28.0 Å². The Kier molecular flexibility index (Phi) is 5.60. The number of hydrogen-bond acceptors (Lipinski definition) is 3. The summed E-state index contributed by atoms with van der Waals surface area (Å²) in [6.45, 7) is 8.96. The van der Waals surface area contributed by atoms with Gasteiger partial charge in [-0.3, -0.25) is 4.79 Å². The van der Waals surface area contributed by atoms with Crippen molar-refractivity contribution < 1.29 is 9.53 Å². The topological polar surface area (TPSA) is 50.1 Å². The van der Waals surface area contributed by atoms with Gasteiger partial charge in [-0.05, 0) is 61.1 Å². The van der Waals surface area contributed by atoms with Gasteiger partial charge in [-0.1, -0.05) is 45.2 Å². The summed E-state index contributed by atoms with van der Waals surface area (Å²) in [5.74, 6) is 4.05. The van der Waals surface area contributed by atoms with Gasteiger partial charge in [0.15, 0.2) is 5.78 Å². The summed E-state index contributed by atoms with van der Waals surface area (Å²) >= 11 is 6.19. The van der Waals surface area contributed by atoms with Crippen molar-refractivity contribution >= 4 is 17.4 Å².